The number of rotatable bonds is 5. The number of primary sulfonamides is 1. The summed E-state index contributed by atoms with van der Waals surface area (Å²) in [5, 5.41) is 7.76. The van der Waals surface area contributed by atoms with E-state index in [4.69, 9.17) is 5.14 Å². The van der Waals surface area contributed by atoms with Crippen LogP contribution in [0, 0.1) is 5.92 Å². The molecule has 0 aliphatic heterocycles. The van der Waals surface area contributed by atoms with Crippen LogP contribution in [0.3, 0.4) is 0 Å². The van der Waals surface area contributed by atoms with E-state index in [1.54, 1.807) is 0 Å². The molecule has 1 aliphatic carbocycles. The summed E-state index contributed by atoms with van der Waals surface area (Å²) in [6, 6.07) is 1.25. The summed E-state index contributed by atoms with van der Waals surface area (Å²) in [6.45, 7) is 0.618. The Morgan fingerprint density at radius 3 is 2.68 bits per heavy atom. The zero-order chi connectivity index (χ0) is 13.9. The number of amides is 1. The number of carbonyl (C=O) groups excluding carboxylic acids is 1. The van der Waals surface area contributed by atoms with E-state index in [1.807, 2.05) is 0 Å². The summed E-state index contributed by atoms with van der Waals surface area (Å²) in [7, 11) is -3.76. The van der Waals surface area contributed by atoms with E-state index in [2.05, 4.69) is 10.3 Å². The van der Waals surface area contributed by atoms with Crippen molar-refractivity contribution in [3.63, 3.8) is 0 Å². The van der Waals surface area contributed by atoms with Crippen LogP contribution in [0.1, 0.15) is 42.6 Å². The second kappa shape index (κ2) is 5.75. The van der Waals surface area contributed by atoms with Crippen LogP contribution in [0.15, 0.2) is 17.2 Å². The monoisotopic (exact) mass is 285 g/mol. The average molecular weight is 285 g/mol. The summed E-state index contributed by atoms with van der Waals surface area (Å²) in [5.41, 5.74) is 0.218. The Balaban J connectivity index is 1.84. The standard InChI is InChI=1S/C12H19N3O3S/c13-19(17,18)10-7-11(15-8-10)12(16)14-6-5-9-3-1-2-4-9/h7-9,15H,1-6H2,(H,14,16)(H2,13,17,18). The molecule has 1 amide bonds. The lowest BCUT2D eigenvalue weighted by molar-refractivity contribution is 0.0947. The van der Waals surface area contributed by atoms with Crippen molar-refractivity contribution in [3.8, 4) is 0 Å². The molecule has 0 spiro atoms. The molecule has 1 aliphatic rings. The quantitative estimate of drug-likeness (QED) is 0.750. The summed E-state index contributed by atoms with van der Waals surface area (Å²) < 4.78 is 22.2. The van der Waals surface area contributed by atoms with Gasteiger partial charge in [0, 0.05) is 12.7 Å². The van der Waals surface area contributed by atoms with Crippen LogP contribution in [-0.2, 0) is 10.0 Å². The molecule has 1 heterocycles. The molecule has 0 unspecified atom stereocenters. The fourth-order valence-corrected chi connectivity index (χ4v) is 2.96. The van der Waals surface area contributed by atoms with Gasteiger partial charge in [-0.05, 0) is 18.4 Å². The molecule has 0 atom stereocenters. The first-order chi connectivity index (χ1) is 8.97. The number of aromatic amines is 1. The Labute approximate surface area is 112 Å². The van der Waals surface area contributed by atoms with Gasteiger partial charge in [-0.2, -0.15) is 0 Å². The highest BCUT2D eigenvalue weighted by Crippen LogP contribution is 2.26. The number of nitrogens with one attached hydrogen (secondary N) is 2. The van der Waals surface area contributed by atoms with Crippen molar-refractivity contribution in [2.24, 2.45) is 11.1 Å². The molecule has 0 aromatic carbocycles. The van der Waals surface area contributed by atoms with Crippen LogP contribution < -0.4 is 10.5 Å². The van der Waals surface area contributed by atoms with Crippen LogP contribution in [0.2, 0.25) is 0 Å². The molecule has 4 N–H and O–H groups in total. The van der Waals surface area contributed by atoms with Gasteiger partial charge in [0.1, 0.15) is 5.69 Å². The molecule has 7 heteroatoms. The highest BCUT2D eigenvalue weighted by molar-refractivity contribution is 7.89. The molecule has 106 valence electrons. The van der Waals surface area contributed by atoms with Crippen LogP contribution in [0.5, 0.6) is 0 Å². The normalized spacial score (nSPS) is 16.7. The molecule has 0 bridgehead atoms. The third-order valence-electron chi connectivity index (χ3n) is 3.54. The summed E-state index contributed by atoms with van der Waals surface area (Å²) in [4.78, 5) is 14.3. The number of aromatic nitrogens is 1. The van der Waals surface area contributed by atoms with E-state index in [-0.39, 0.29) is 16.5 Å². The molecule has 1 saturated carbocycles. The molecule has 0 saturated heterocycles. The minimum Gasteiger partial charge on any atom is -0.356 e. The zero-order valence-electron chi connectivity index (χ0n) is 10.7. The first kappa shape index (κ1) is 14.1. The molecular formula is C12H19N3O3S. The van der Waals surface area contributed by atoms with Crippen molar-refractivity contribution in [2.45, 2.75) is 37.0 Å². The van der Waals surface area contributed by atoms with Crippen molar-refractivity contribution in [3.05, 3.63) is 18.0 Å². The van der Waals surface area contributed by atoms with Crippen molar-refractivity contribution < 1.29 is 13.2 Å². The number of H-pyrrole nitrogens is 1. The van der Waals surface area contributed by atoms with E-state index >= 15 is 0 Å². The molecule has 19 heavy (non-hydrogen) atoms. The van der Waals surface area contributed by atoms with Crippen molar-refractivity contribution in [1.29, 1.82) is 0 Å². The molecule has 1 aromatic rings. The Kier molecular flexibility index (Phi) is 4.26. The third kappa shape index (κ3) is 3.81. The number of hydrogen-bond acceptors (Lipinski definition) is 3. The fraction of sp³-hybridized carbons (Fsp3) is 0.583. The first-order valence-electron chi connectivity index (χ1n) is 6.46. The van der Waals surface area contributed by atoms with Crippen LogP contribution in [0.4, 0.5) is 0 Å². The first-order valence-corrected chi connectivity index (χ1v) is 8.01. The van der Waals surface area contributed by atoms with Crippen LogP contribution >= 0.6 is 0 Å². The summed E-state index contributed by atoms with van der Waals surface area (Å²) >= 11 is 0. The maximum atomic E-state index is 11.8. The van der Waals surface area contributed by atoms with Crippen molar-refractivity contribution in [1.82, 2.24) is 10.3 Å². The summed E-state index contributed by atoms with van der Waals surface area (Å²) in [6.07, 6.45) is 7.26. The van der Waals surface area contributed by atoms with Gasteiger partial charge in [0.05, 0.1) is 4.90 Å². The third-order valence-corrected chi connectivity index (χ3v) is 4.44. The highest BCUT2D eigenvalue weighted by atomic mass is 32.2. The van der Waals surface area contributed by atoms with E-state index in [9.17, 15) is 13.2 Å². The molecule has 1 aromatic heterocycles. The van der Waals surface area contributed by atoms with Crippen molar-refractivity contribution >= 4 is 15.9 Å². The predicted molar refractivity (Wildman–Crippen MR) is 71.1 cm³/mol. The smallest absolute Gasteiger partial charge is 0.267 e. The number of nitrogens with two attached hydrogens (primary N) is 1. The molecule has 1 fully saturated rings. The minimum atomic E-state index is -3.76. The Morgan fingerprint density at radius 1 is 1.42 bits per heavy atom. The predicted octanol–water partition coefficient (Wildman–Crippen LogP) is 0.972. The molecule has 6 nitrogen and oxygen atoms in total. The van der Waals surface area contributed by atoms with E-state index in [1.165, 1.54) is 37.9 Å². The minimum absolute atomic E-state index is 0.0755. The number of carbonyl (C=O) groups is 1. The van der Waals surface area contributed by atoms with Gasteiger partial charge < -0.3 is 10.3 Å². The molecule has 2 rings (SSSR count). The second-order valence-electron chi connectivity index (χ2n) is 4.99. The van der Waals surface area contributed by atoms with Gasteiger partial charge >= 0.3 is 0 Å². The topological polar surface area (TPSA) is 105 Å². The molecular weight excluding hydrogens is 266 g/mol. The Bertz CT molecular complexity index is 544. The SMILES string of the molecule is NS(=O)(=O)c1c[nH]c(C(=O)NCCC2CCCC2)c1. The van der Waals surface area contributed by atoms with Gasteiger partial charge in [0.15, 0.2) is 0 Å². The van der Waals surface area contributed by atoms with E-state index < -0.39 is 10.0 Å². The lowest BCUT2D eigenvalue weighted by atomic mass is 10.0. The fourth-order valence-electron chi connectivity index (χ4n) is 2.45. The van der Waals surface area contributed by atoms with Gasteiger partial charge in [-0.15, -0.1) is 0 Å². The maximum absolute atomic E-state index is 11.8. The van der Waals surface area contributed by atoms with Gasteiger partial charge in [-0.3, -0.25) is 4.79 Å². The van der Waals surface area contributed by atoms with Gasteiger partial charge in [-0.1, -0.05) is 25.7 Å². The maximum Gasteiger partial charge on any atom is 0.267 e. The second-order valence-corrected chi connectivity index (χ2v) is 6.55. The largest absolute Gasteiger partial charge is 0.356 e. The lowest BCUT2D eigenvalue weighted by Crippen LogP contribution is -2.25. The van der Waals surface area contributed by atoms with Gasteiger partial charge in [0.25, 0.3) is 5.91 Å². The van der Waals surface area contributed by atoms with Crippen molar-refractivity contribution in [2.75, 3.05) is 6.54 Å². The van der Waals surface area contributed by atoms with E-state index in [0.29, 0.717) is 12.5 Å². The summed E-state index contributed by atoms with van der Waals surface area (Å²) in [5.74, 6) is 0.414. The average Bonchev–Trinajstić information content (AvgIpc) is 2.99. The Morgan fingerprint density at radius 2 is 2.11 bits per heavy atom. The number of sulfonamides is 1. The van der Waals surface area contributed by atoms with Crippen LogP contribution in [-0.4, -0.2) is 25.9 Å². The lowest BCUT2D eigenvalue weighted by Gasteiger charge is -2.09. The zero-order valence-corrected chi connectivity index (χ0v) is 11.5. The Hall–Kier alpha value is -1.34. The van der Waals surface area contributed by atoms with Crippen LogP contribution in [0.25, 0.3) is 0 Å². The van der Waals surface area contributed by atoms with Gasteiger partial charge in [-0.25, -0.2) is 13.6 Å². The highest BCUT2D eigenvalue weighted by Gasteiger charge is 2.16. The van der Waals surface area contributed by atoms with E-state index in [0.717, 1.165) is 6.42 Å². The number of hydrogen-bond donors (Lipinski definition) is 3. The van der Waals surface area contributed by atoms with Gasteiger partial charge in [0.2, 0.25) is 10.0 Å². The molecule has 0 radical (unpaired) electrons.